The van der Waals surface area contributed by atoms with Crippen molar-refractivity contribution in [1.29, 1.82) is 0 Å². The van der Waals surface area contributed by atoms with Crippen LogP contribution < -0.4 is 10.6 Å². The third-order valence-electron chi connectivity index (χ3n) is 2.90. The van der Waals surface area contributed by atoms with E-state index in [1.54, 1.807) is 7.11 Å². The first-order chi connectivity index (χ1) is 7.76. The van der Waals surface area contributed by atoms with Crippen LogP contribution in [0.4, 0.5) is 0 Å². The number of thioether (sulfide) groups is 1. The first kappa shape index (κ1) is 13.8. The Morgan fingerprint density at radius 3 is 2.94 bits per heavy atom. The summed E-state index contributed by atoms with van der Waals surface area (Å²) >= 11 is 1.93. The second kappa shape index (κ2) is 7.92. The summed E-state index contributed by atoms with van der Waals surface area (Å²) in [4.78, 5) is 11.4. The van der Waals surface area contributed by atoms with Crippen LogP contribution in [0.5, 0.6) is 0 Å². The lowest BCUT2D eigenvalue weighted by Crippen LogP contribution is -2.39. The molecule has 16 heavy (non-hydrogen) atoms. The smallest absolute Gasteiger partial charge is 0.234 e. The van der Waals surface area contributed by atoms with Crippen molar-refractivity contribution in [3.8, 4) is 0 Å². The van der Waals surface area contributed by atoms with E-state index in [0.29, 0.717) is 25.7 Å². The molecule has 0 aromatic heterocycles. The molecule has 1 fully saturated rings. The molecule has 94 valence electrons. The summed E-state index contributed by atoms with van der Waals surface area (Å²) in [5, 5.41) is 6.88. The summed E-state index contributed by atoms with van der Waals surface area (Å²) in [5.41, 5.74) is 0. The quantitative estimate of drug-likeness (QED) is 0.647. The van der Waals surface area contributed by atoms with E-state index in [9.17, 15) is 4.79 Å². The highest BCUT2D eigenvalue weighted by atomic mass is 32.2. The molecule has 0 spiro atoms. The number of methoxy groups -OCH3 is 1. The third-order valence-corrected chi connectivity index (χ3v) is 3.99. The van der Waals surface area contributed by atoms with Crippen molar-refractivity contribution in [2.75, 3.05) is 33.1 Å². The van der Waals surface area contributed by atoms with Crippen molar-refractivity contribution in [3.63, 3.8) is 0 Å². The van der Waals surface area contributed by atoms with Crippen LogP contribution in [-0.2, 0) is 9.53 Å². The van der Waals surface area contributed by atoms with Crippen molar-refractivity contribution in [2.45, 2.75) is 30.6 Å². The van der Waals surface area contributed by atoms with Crippen molar-refractivity contribution in [3.05, 3.63) is 0 Å². The van der Waals surface area contributed by atoms with Gasteiger partial charge in [-0.3, -0.25) is 4.79 Å². The fourth-order valence-corrected chi connectivity index (χ4v) is 2.73. The van der Waals surface area contributed by atoms with Gasteiger partial charge in [-0.05, 0) is 25.5 Å². The third kappa shape index (κ3) is 5.18. The molecule has 1 amide bonds. The Balaban J connectivity index is 2.04. The Kier molecular flexibility index (Phi) is 6.84. The summed E-state index contributed by atoms with van der Waals surface area (Å²) < 4.78 is 4.86. The summed E-state index contributed by atoms with van der Waals surface area (Å²) in [6, 6.07) is 0.519. The predicted molar refractivity (Wildman–Crippen MR) is 67.8 cm³/mol. The molecule has 1 rings (SSSR count). The monoisotopic (exact) mass is 246 g/mol. The van der Waals surface area contributed by atoms with Crippen molar-refractivity contribution < 1.29 is 9.53 Å². The highest BCUT2D eigenvalue weighted by Crippen LogP contribution is 2.27. The Labute approximate surface area is 102 Å². The minimum Gasteiger partial charge on any atom is -0.383 e. The molecule has 0 bridgehead atoms. The maximum absolute atomic E-state index is 11.4. The van der Waals surface area contributed by atoms with Crippen molar-refractivity contribution in [1.82, 2.24) is 10.6 Å². The Hall–Kier alpha value is -0.260. The van der Waals surface area contributed by atoms with E-state index in [2.05, 4.69) is 16.9 Å². The predicted octanol–water partition coefficient (Wildman–Crippen LogP) is 0.623. The lowest BCUT2D eigenvalue weighted by molar-refractivity contribution is -0.120. The van der Waals surface area contributed by atoms with E-state index < -0.39 is 0 Å². The highest BCUT2D eigenvalue weighted by Gasteiger charge is 2.23. The number of nitrogens with one attached hydrogen (secondary N) is 2. The van der Waals surface area contributed by atoms with Gasteiger partial charge in [0, 0.05) is 24.9 Å². The molecule has 2 atom stereocenters. The van der Waals surface area contributed by atoms with Gasteiger partial charge in [-0.2, -0.15) is 11.8 Å². The Bertz CT molecular complexity index is 214. The lowest BCUT2D eigenvalue weighted by Gasteiger charge is -2.12. The SMILES string of the molecule is COCCNC(=O)CNC1CCC(SC)C1. The second-order valence-electron chi connectivity index (χ2n) is 4.09. The zero-order valence-electron chi connectivity index (χ0n) is 10.1. The number of amides is 1. The van der Waals surface area contributed by atoms with E-state index >= 15 is 0 Å². The lowest BCUT2D eigenvalue weighted by atomic mass is 10.2. The maximum atomic E-state index is 11.4. The molecule has 5 heteroatoms. The zero-order valence-corrected chi connectivity index (χ0v) is 10.9. The van der Waals surface area contributed by atoms with Crippen LogP contribution in [0.2, 0.25) is 0 Å². The number of hydrogen-bond donors (Lipinski definition) is 2. The molecule has 0 saturated heterocycles. The average Bonchev–Trinajstić information content (AvgIpc) is 2.74. The zero-order chi connectivity index (χ0) is 11.8. The van der Waals surface area contributed by atoms with Crippen LogP contribution in [0.1, 0.15) is 19.3 Å². The van der Waals surface area contributed by atoms with Crippen molar-refractivity contribution in [2.24, 2.45) is 0 Å². The summed E-state index contributed by atoms with van der Waals surface area (Å²) in [7, 11) is 1.63. The molecule has 1 aliphatic rings. The van der Waals surface area contributed by atoms with Gasteiger partial charge in [-0.15, -0.1) is 0 Å². The standard InChI is InChI=1S/C11H22N2O2S/c1-15-6-5-12-11(14)8-13-9-3-4-10(7-9)16-2/h9-10,13H,3-8H2,1-2H3,(H,12,14). The molecular formula is C11H22N2O2S. The molecule has 2 N–H and O–H groups in total. The number of carbonyl (C=O) groups excluding carboxylic acids is 1. The van der Waals surface area contributed by atoms with Gasteiger partial charge in [0.2, 0.25) is 5.91 Å². The largest absolute Gasteiger partial charge is 0.383 e. The van der Waals surface area contributed by atoms with Gasteiger partial charge in [0.05, 0.1) is 13.2 Å². The van der Waals surface area contributed by atoms with Crippen molar-refractivity contribution >= 4 is 17.7 Å². The van der Waals surface area contributed by atoms with Gasteiger partial charge in [-0.25, -0.2) is 0 Å². The van der Waals surface area contributed by atoms with Gasteiger partial charge in [0.25, 0.3) is 0 Å². The average molecular weight is 246 g/mol. The van der Waals surface area contributed by atoms with E-state index in [-0.39, 0.29) is 5.91 Å². The summed E-state index contributed by atoms with van der Waals surface area (Å²) in [6.45, 7) is 1.59. The minimum atomic E-state index is 0.0599. The number of hydrogen-bond acceptors (Lipinski definition) is 4. The minimum absolute atomic E-state index is 0.0599. The van der Waals surface area contributed by atoms with E-state index in [1.807, 2.05) is 11.8 Å². The topological polar surface area (TPSA) is 50.4 Å². The van der Waals surface area contributed by atoms with E-state index in [1.165, 1.54) is 19.3 Å². The number of ether oxygens (including phenoxy) is 1. The van der Waals surface area contributed by atoms with Crippen LogP contribution in [-0.4, -0.2) is 50.3 Å². The Morgan fingerprint density at radius 2 is 2.31 bits per heavy atom. The fraction of sp³-hybridized carbons (Fsp3) is 0.909. The first-order valence-electron chi connectivity index (χ1n) is 5.78. The van der Waals surface area contributed by atoms with Crippen LogP contribution in [0, 0.1) is 0 Å². The molecule has 0 radical (unpaired) electrons. The molecule has 1 aliphatic carbocycles. The van der Waals surface area contributed by atoms with Gasteiger partial charge >= 0.3 is 0 Å². The summed E-state index contributed by atoms with van der Waals surface area (Å²) in [6.07, 6.45) is 5.80. The molecule has 2 unspecified atom stereocenters. The van der Waals surface area contributed by atoms with Gasteiger partial charge in [-0.1, -0.05) is 0 Å². The number of rotatable bonds is 7. The Morgan fingerprint density at radius 1 is 1.50 bits per heavy atom. The summed E-state index contributed by atoms with van der Waals surface area (Å²) in [5.74, 6) is 0.0599. The molecular weight excluding hydrogens is 224 g/mol. The van der Waals surface area contributed by atoms with Crippen LogP contribution >= 0.6 is 11.8 Å². The fourth-order valence-electron chi connectivity index (χ4n) is 1.93. The molecule has 0 heterocycles. The van der Waals surface area contributed by atoms with Crippen LogP contribution in [0.15, 0.2) is 0 Å². The molecule has 0 aromatic carbocycles. The van der Waals surface area contributed by atoms with Gasteiger partial charge < -0.3 is 15.4 Å². The van der Waals surface area contributed by atoms with Crippen LogP contribution in [0.3, 0.4) is 0 Å². The highest BCUT2D eigenvalue weighted by molar-refractivity contribution is 7.99. The maximum Gasteiger partial charge on any atom is 0.234 e. The molecule has 0 aliphatic heterocycles. The van der Waals surface area contributed by atoms with Crippen LogP contribution in [0.25, 0.3) is 0 Å². The molecule has 0 aromatic rings. The normalized spacial score (nSPS) is 24.6. The molecule has 4 nitrogen and oxygen atoms in total. The van der Waals surface area contributed by atoms with E-state index in [4.69, 9.17) is 4.74 Å². The second-order valence-corrected chi connectivity index (χ2v) is 5.23. The number of carbonyl (C=O) groups is 1. The molecule has 1 saturated carbocycles. The van der Waals surface area contributed by atoms with Gasteiger partial charge in [0.15, 0.2) is 0 Å². The first-order valence-corrected chi connectivity index (χ1v) is 7.07. The van der Waals surface area contributed by atoms with Gasteiger partial charge in [0.1, 0.15) is 0 Å². The van der Waals surface area contributed by atoms with E-state index in [0.717, 1.165) is 5.25 Å².